The van der Waals surface area contributed by atoms with E-state index in [0.29, 0.717) is 0 Å². The van der Waals surface area contributed by atoms with Gasteiger partial charge < -0.3 is 5.11 Å². The van der Waals surface area contributed by atoms with Gasteiger partial charge in [0.1, 0.15) is 0 Å². The van der Waals surface area contributed by atoms with Gasteiger partial charge in [0, 0.05) is 0 Å². The van der Waals surface area contributed by atoms with Crippen molar-refractivity contribution in [2.75, 3.05) is 0 Å². The van der Waals surface area contributed by atoms with E-state index in [9.17, 15) is 4.79 Å². The summed E-state index contributed by atoms with van der Waals surface area (Å²) < 4.78 is 0. The second kappa shape index (κ2) is 2.92. The quantitative estimate of drug-likeness (QED) is 0.606. The Bertz CT molecular complexity index is 230. The number of rotatable bonds is 1. The van der Waals surface area contributed by atoms with Crippen LogP contribution in [0.25, 0.3) is 0 Å². The Labute approximate surface area is 72.3 Å². The van der Waals surface area contributed by atoms with Gasteiger partial charge in [0.2, 0.25) is 0 Å². The zero-order valence-corrected chi connectivity index (χ0v) is 7.12. The SMILES string of the molecule is O=C(O)[C@H]1C=C2CCC[C@@H]2CC1. The van der Waals surface area contributed by atoms with E-state index in [4.69, 9.17) is 5.11 Å². The first-order chi connectivity index (χ1) is 5.77. The molecule has 0 aromatic carbocycles. The first-order valence-electron chi connectivity index (χ1n) is 4.71. The predicted molar refractivity (Wildman–Crippen MR) is 45.8 cm³/mol. The van der Waals surface area contributed by atoms with Crippen LogP contribution in [0, 0.1) is 11.8 Å². The molecule has 1 fully saturated rings. The van der Waals surface area contributed by atoms with Gasteiger partial charge in [-0.05, 0) is 38.0 Å². The zero-order valence-electron chi connectivity index (χ0n) is 7.12. The van der Waals surface area contributed by atoms with Crippen molar-refractivity contribution >= 4 is 5.97 Å². The normalized spacial score (nSPS) is 34.2. The van der Waals surface area contributed by atoms with Crippen molar-refractivity contribution in [3.8, 4) is 0 Å². The molecule has 0 spiro atoms. The van der Waals surface area contributed by atoms with E-state index in [2.05, 4.69) is 0 Å². The van der Waals surface area contributed by atoms with Crippen LogP contribution >= 0.6 is 0 Å². The molecule has 66 valence electrons. The summed E-state index contributed by atoms with van der Waals surface area (Å²) in [5.41, 5.74) is 1.42. The molecule has 0 saturated heterocycles. The Morgan fingerprint density at radius 2 is 2.25 bits per heavy atom. The number of carbonyl (C=O) groups is 1. The van der Waals surface area contributed by atoms with Crippen molar-refractivity contribution in [3.05, 3.63) is 11.6 Å². The van der Waals surface area contributed by atoms with Crippen molar-refractivity contribution in [2.45, 2.75) is 32.1 Å². The number of carboxylic acids is 1. The number of allylic oxidation sites excluding steroid dienone is 1. The summed E-state index contributed by atoms with van der Waals surface area (Å²) in [5.74, 6) is -0.0946. The fourth-order valence-electron chi connectivity index (χ4n) is 2.41. The van der Waals surface area contributed by atoms with Gasteiger partial charge in [0.05, 0.1) is 5.92 Å². The molecule has 0 aliphatic heterocycles. The lowest BCUT2D eigenvalue weighted by molar-refractivity contribution is -0.140. The first-order valence-corrected chi connectivity index (χ1v) is 4.71. The molecule has 2 nitrogen and oxygen atoms in total. The summed E-state index contributed by atoms with van der Waals surface area (Å²) in [5, 5.41) is 8.81. The summed E-state index contributed by atoms with van der Waals surface area (Å²) in [6.07, 6.45) is 7.66. The molecular formula is C10H14O2. The maximum atomic E-state index is 10.7. The zero-order chi connectivity index (χ0) is 8.55. The summed E-state index contributed by atoms with van der Waals surface area (Å²) in [6.45, 7) is 0. The van der Waals surface area contributed by atoms with Crippen LogP contribution in [0.5, 0.6) is 0 Å². The van der Waals surface area contributed by atoms with Crippen LogP contribution in [-0.2, 0) is 4.79 Å². The van der Waals surface area contributed by atoms with Crippen LogP contribution in [0.1, 0.15) is 32.1 Å². The van der Waals surface area contributed by atoms with Gasteiger partial charge in [-0.1, -0.05) is 11.6 Å². The molecule has 2 aliphatic carbocycles. The minimum absolute atomic E-state index is 0.186. The fraction of sp³-hybridized carbons (Fsp3) is 0.700. The number of fused-ring (bicyclic) bond motifs is 1. The average Bonchev–Trinajstić information content (AvgIpc) is 2.49. The number of aliphatic carboxylic acids is 1. The van der Waals surface area contributed by atoms with Crippen molar-refractivity contribution in [1.82, 2.24) is 0 Å². The Morgan fingerprint density at radius 1 is 1.42 bits per heavy atom. The Kier molecular flexibility index (Phi) is 1.91. The number of carboxylic acid groups (broad SMARTS) is 1. The van der Waals surface area contributed by atoms with Crippen LogP contribution in [0.3, 0.4) is 0 Å². The van der Waals surface area contributed by atoms with Gasteiger partial charge in [-0.15, -0.1) is 0 Å². The van der Waals surface area contributed by atoms with Crippen LogP contribution in [-0.4, -0.2) is 11.1 Å². The maximum Gasteiger partial charge on any atom is 0.310 e. The van der Waals surface area contributed by atoms with E-state index in [-0.39, 0.29) is 5.92 Å². The highest BCUT2D eigenvalue weighted by Crippen LogP contribution is 2.39. The van der Waals surface area contributed by atoms with E-state index >= 15 is 0 Å². The molecule has 2 atom stereocenters. The lowest BCUT2D eigenvalue weighted by Gasteiger charge is -2.21. The molecule has 2 rings (SSSR count). The van der Waals surface area contributed by atoms with Gasteiger partial charge >= 0.3 is 5.97 Å². The minimum atomic E-state index is -0.646. The lowest BCUT2D eigenvalue weighted by atomic mass is 9.84. The molecule has 12 heavy (non-hydrogen) atoms. The average molecular weight is 166 g/mol. The topological polar surface area (TPSA) is 37.3 Å². The van der Waals surface area contributed by atoms with Crippen molar-refractivity contribution in [1.29, 1.82) is 0 Å². The lowest BCUT2D eigenvalue weighted by Crippen LogP contribution is -2.17. The van der Waals surface area contributed by atoms with Gasteiger partial charge in [0.15, 0.2) is 0 Å². The van der Waals surface area contributed by atoms with Crippen LogP contribution in [0.2, 0.25) is 0 Å². The van der Waals surface area contributed by atoms with E-state index in [1.165, 1.54) is 18.4 Å². The molecule has 0 aromatic rings. The monoisotopic (exact) mass is 166 g/mol. The standard InChI is InChI=1S/C10H14O2/c11-10(12)9-5-4-7-2-1-3-8(7)6-9/h6-7,9H,1-5H2,(H,11,12)/t7-,9-/m1/s1. The Morgan fingerprint density at radius 3 is 3.00 bits per heavy atom. The molecular weight excluding hydrogens is 152 g/mol. The highest BCUT2D eigenvalue weighted by atomic mass is 16.4. The Balaban J connectivity index is 2.14. The van der Waals surface area contributed by atoms with Crippen molar-refractivity contribution in [3.63, 3.8) is 0 Å². The molecule has 2 heteroatoms. The molecule has 1 saturated carbocycles. The highest BCUT2D eigenvalue weighted by molar-refractivity contribution is 5.72. The third kappa shape index (κ3) is 1.26. The van der Waals surface area contributed by atoms with Gasteiger partial charge in [-0.3, -0.25) is 4.79 Å². The first kappa shape index (κ1) is 7.84. The maximum absolute atomic E-state index is 10.7. The van der Waals surface area contributed by atoms with Gasteiger partial charge in [0.25, 0.3) is 0 Å². The van der Waals surface area contributed by atoms with E-state index in [1.807, 2.05) is 6.08 Å². The molecule has 1 N–H and O–H groups in total. The third-order valence-corrected chi connectivity index (χ3v) is 3.10. The smallest absolute Gasteiger partial charge is 0.310 e. The Hall–Kier alpha value is -0.790. The summed E-state index contributed by atoms with van der Waals surface area (Å²) >= 11 is 0. The minimum Gasteiger partial charge on any atom is -0.481 e. The molecule has 2 aliphatic rings. The van der Waals surface area contributed by atoms with Crippen molar-refractivity contribution in [2.24, 2.45) is 11.8 Å². The highest BCUT2D eigenvalue weighted by Gasteiger charge is 2.29. The molecule has 0 amide bonds. The van der Waals surface area contributed by atoms with Gasteiger partial charge in [-0.25, -0.2) is 0 Å². The molecule has 0 heterocycles. The number of hydrogen-bond acceptors (Lipinski definition) is 1. The summed E-state index contributed by atoms with van der Waals surface area (Å²) in [7, 11) is 0. The molecule has 0 unspecified atom stereocenters. The van der Waals surface area contributed by atoms with E-state index in [1.54, 1.807) is 0 Å². The third-order valence-electron chi connectivity index (χ3n) is 3.10. The van der Waals surface area contributed by atoms with Crippen LogP contribution in [0.15, 0.2) is 11.6 Å². The van der Waals surface area contributed by atoms with Crippen molar-refractivity contribution < 1.29 is 9.90 Å². The predicted octanol–water partition coefficient (Wildman–Crippen LogP) is 2.21. The van der Waals surface area contributed by atoms with E-state index in [0.717, 1.165) is 25.2 Å². The molecule has 0 bridgehead atoms. The van der Waals surface area contributed by atoms with Crippen LogP contribution in [0.4, 0.5) is 0 Å². The van der Waals surface area contributed by atoms with Gasteiger partial charge in [-0.2, -0.15) is 0 Å². The van der Waals surface area contributed by atoms with E-state index < -0.39 is 5.97 Å². The fourth-order valence-corrected chi connectivity index (χ4v) is 2.41. The molecule has 0 radical (unpaired) electrons. The molecule has 0 aromatic heterocycles. The van der Waals surface area contributed by atoms with Crippen LogP contribution < -0.4 is 0 Å². The summed E-state index contributed by atoms with van der Waals surface area (Å²) in [4.78, 5) is 10.7. The second-order valence-corrected chi connectivity index (χ2v) is 3.85. The largest absolute Gasteiger partial charge is 0.481 e. The second-order valence-electron chi connectivity index (χ2n) is 3.85. The summed E-state index contributed by atoms with van der Waals surface area (Å²) in [6, 6.07) is 0. The number of hydrogen-bond donors (Lipinski definition) is 1.